The Morgan fingerprint density at radius 1 is 1.22 bits per heavy atom. The lowest BCUT2D eigenvalue weighted by molar-refractivity contribution is -0.121. The van der Waals surface area contributed by atoms with Crippen LogP contribution < -0.4 is 20.1 Å². The summed E-state index contributed by atoms with van der Waals surface area (Å²) in [6.07, 6.45) is 0.103. The van der Waals surface area contributed by atoms with Crippen molar-refractivity contribution in [2.24, 2.45) is 0 Å². The van der Waals surface area contributed by atoms with Gasteiger partial charge in [0.2, 0.25) is 11.8 Å². The number of ether oxygens (including phenoxy) is 2. The van der Waals surface area contributed by atoms with Crippen molar-refractivity contribution in [3.63, 3.8) is 0 Å². The van der Waals surface area contributed by atoms with Gasteiger partial charge < -0.3 is 20.1 Å². The minimum atomic E-state index is -0.496. The number of nitrogens with one attached hydrogen (secondary N) is 2. The highest BCUT2D eigenvalue weighted by Gasteiger charge is 2.32. The Bertz CT molecular complexity index is 1120. The molecule has 166 valence electrons. The second-order valence-electron chi connectivity index (χ2n) is 7.38. The molecule has 2 amide bonds. The van der Waals surface area contributed by atoms with Crippen LogP contribution in [0.4, 0.5) is 5.69 Å². The minimum absolute atomic E-state index is 0.0513. The van der Waals surface area contributed by atoms with Crippen molar-refractivity contribution in [2.75, 3.05) is 25.3 Å². The molecule has 32 heavy (non-hydrogen) atoms. The molecule has 1 atom stereocenters. The molecule has 0 radical (unpaired) electrons. The Labute approximate surface area is 191 Å². The van der Waals surface area contributed by atoms with Crippen LogP contribution >= 0.6 is 11.8 Å². The average molecular weight is 452 g/mol. The Morgan fingerprint density at radius 3 is 2.66 bits per heavy atom. The topological polar surface area (TPSA) is 100 Å². The molecule has 2 aromatic carbocycles. The van der Waals surface area contributed by atoms with E-state index >= 15 is 0 Å². The molecule has 2 aromatic rings. The first-order chi connectivity index (χ1) is 15.4. The van der Waals surface area contributed by atoms with E-state index in [0.717, 1.165) is 22.9 Å². The highest BCUT2D eigenvalue weighted by Crippen LogP contribution is 2.43. The van der Waals surface area contributed by atoms with Crippen molar-refractivity contribution >= 4 is 29.3 Å². The predicted molar refractivity (Wildman–Crippen MR) is 125 cm³/mol. The number of benzene rings is 2. The highest BCUT2D eigenvalue weighted by molar-refractivity contribution is 8.03. The van der Waals surface area contributed by atoms with Crippen LogP contribution in [0.15, 0.2) is 47.0 Å². The normalized spacial score (nSPS) is 15.6. The van der Waals surface area contributed by atoms with Gasteiger partial charge in [0.15, 0.2) is 11.5 Å². The quantitative estimate of drug-likeness (QED) is 0.659. The molecule has 0 aliphatic carbocycles. The molecule has 8 heteroatoms. The lowest BCUT2D eigenvalue weighted by atomic mass is 9.86. The van der Waals surface area contributed by atoms with Gasteiger partial charge in [0.1, 0.15) is 0 Å². The number of para-hydroxylation sites is 1. The Hall–Kier alpha value is -3.44. The molecule has 0 saturated heterocycles. The van der Waals surface area contributed by atoms with E-state index in [0.29, 0.717) is 33.4 Å². The number of amides is 2. The van der Waals surface area contributed by atoms with Gasteiger partial charge in [0, 0.05) is 23.6 Å². The van der Waals surface area contributed by atoms with E-state index in [-0.39, 0.29) is 24.0 Å². The Balaban J connectivity index is 1.83. The molecule has 7 nitrogen and oxygen atoms in total. The molecule has 3 rings (SSSR count). The number of nitriles is 1. The van der Waals surface area contributed by atoms with Gasteiger partial charge in [0.05, 0.1) is 36.6 Å². The third-order valence-corrected chi connectivity index (χ3v) is 6.32. The van der Waals surface area contributed by atoms with Gasteiger partial charge in [-0.1, -0.05) is 30.0 Å². The van der Waals surface area contributed by atoms with Crippen molar-refractivity contribution in [3.05, 3.63) is 63.7 Å². The van der Waals surface area contributed by atoms with Gasteiger partial charge in [-0.3, -0.25) is 9.59 Å². The molecular weight excluding hydrogens is 426 g/mol. The van der Waals surface area contributed by atoms with Gasteiger partial charge in [-0.05, 0) is 43.2 Å². The number of aryl methyl sites for hydroxylation is 2. The van der Waals surface area contributed by atoms with Crippen molar-refractivity contribution < 1.29 is 19.1 Å². The number of rotatable bonds is 7. The van der Waals surface area contributed by atoms with Crippen LogP contribution in [0.3, 0.4) is 0 Å². The van der Waals surface area contributed by atoms with Gasteiger partial charge in [-0.25, -0.2) is 0 Å². The Kier molecular flexibility index (Phi) is 7.44. The van der Waals surface area contributed by atoms with E-state index < -0.39 is 5.92 Å². The van der Waals surface area contributed by atoms with Crippen LogP contribution in [0, 0.1) is 25.2 Å². The van der Waals surface area contributed by atoms with E-state index in [1.54, 1.807) is 12.1 Å². The van der Waals surface area contributed by atoms with E-state index in [1.165, 1.54) is 14.2 Å². The summed E-state index contributed by atoms with van der Waals surface area (Å²) in [6, 6.07) is 13.3. The van der Waals surface area contributed by atoms with Gasteiger partial charge in [0.25, 0.3) is 0 Å². The second kappa shape index (κ2) is 10.2. The number of carbonyl (C=O) groups is 2. The zero-order chi connectivity index (χ0) is 23.3. The molecular formula is C24H25N3O4S. The maximum absolute atomic E-state index is 12.5. The molecule has 0 spiro atoms. The number of carbonyl (C=O) groups excluding carboxylic acids is 2. The molecule has 0 saturated carbocycles. The maximum atomic E-state index is 12.5. The van der Waals surface area contributed by atoms with E-state index in [4.69, 9.17) is 9.47 Å². The van der Waals surface area contributed by atoms with Crippen molar-refractivity contribution in [1.82, 2.24) is 5.32 Å². The number of hydrogen-bond acceptors (Lipinski definition) is 6. The standard InChI is InChI=1S/C24H25N3O4S/c1-14-8-9-16(10-15(14)2)26-22(29)13-32-24-19(12-25)18(11-21(28)27-24)17-6-5-7-20(30-3)23(17)31-4/h5-10,18H,11,13H2,1-4H3,(H,26,29)(H,27,28). The van der Waals surface area contributed by atoms with Crippen molar-refractivity contribution in [1.29, 1.82) is 5.26 Å². The van der Waals surface area contributed by atoms with Crippen LogP contribution in [-0.4, -0.2) is 31.8 Å². The molecule has 1 aliphatic rings. The summed E-state index contributed by atoms with van der Waals surface area (Å²) in [7, 11) is 3.05. The van der Waals surface area contributed by atoms with Crippen LogP contribution in [0.5, 0.6) is 11.5 Å². The van der Waals surface area contributed by atoms with Crippen LogP contribution in [0.25, 0.3) is 0 Å². The zero-order valence-corrected chi connectivity index (χ0v) is 19.3. The molecule has 1 heterocycles. The lowest BCUT2D eigenvalue weighted by Crippen LogP contribution is -2.31. The molecule has 2 N–H and O–H groups in total. The first-order valence-corrected chi connectivity index (χ1v) is 11.0. The van der Waals surface area contributed by atoms with Gasteiger partial charge >= 0.3 is 0 Å². The fourth-order valence-electron chi connectivity index (χ4n) is 3.54. The number of methoxy groups -OCH3 is 2. The number of anilines is 1. The number of hydrogen-bond donors (Lipinski definition) is 2. The highest BCUT2D eigenvalue weighted by atomic mass is 32.2. The summed E-state index contributed by atoms with van der Waals surface area (Å²) in [6.45, 7) is 3.99. The summed E-state index contributed by atoms with van der Waals surface area (Å²) in [5, 5.41) is 15.9. The first-order valence-electron chi connectivity index (χ1n) is 10.0. The van der Waals surface area contributed by atoms with Crippen molar-refractivity contribution in [2.45, 2.75) is 26.2 Å². The minimum Gasteiger partial charge on any atom is -0.493 e. The fraction of sp³-hybridized carbons (Fsp3) is 0.292. The fourth-order valence-corrected chi connectivity index (χ4v) is 4.42. The molecule has 0 fully saturated rings. The van der Waals surface area contributed by atoms with Gasteiger partial charge in [-0.2, -0.15) is 5.26 Å². The zero-order valence-electron chi connectivity index (χ0n) is 18.4. The largest absolute Gasteiger partial charge is 0.493 e. The van der Waals surface area contributed by atoms with Gasteiger partial charge in [-0.15, -0.1) is 0 Å². The number of nitrogens with zero attached hydrogens (tertiary/aromatic N) is 1. The molecule has 0 aromatic heterocycles. The molecule has 1 unspecified atom stereocenters. The molecule has 1 aliphatic heterocycles. The maximum Gasteiger partial charge on any atom is 0.234 e. The Morgan fingerprint density at radius 2 is 2.00 bits per heavy atom. The van der Waals surface area contributed by atoms with Crippen LogP contribution in [0.1, 0.15) is 29.0 Å². The predicted octanol–water partition coefficient (Wildman–Crippen LogP) is 4.03. The average Bonchev–Trinajstić information content (AvgIpc) is 2.79. The SMILES string of the molecule is COc1cccc(C2CC(=O)NC(SCC(=O)Nc3ccc(C)c(C)c3)=C2C#N)c1OC. The monoisotopic (exact) mass is 451 g/mol. The second-order valence-corrected chi connectivity index (χ2v) is 8.36. The van der Waals surface area contributed by atoms with E-state index in [9.17, 15) is 14.9 Å². The first kappa shape index (κ1) is 23.2. The lowest BCUT2D eigenvalue weighted by Gasteiger charge is -2.26. The van der Waals surface area contributed by atoms with Crippen molar-refractivity contribution in [3.8, 4) is 17.6 Å². The third kappa shape index (κ3) is 5.06. The number of thioether (sulfide) groups is 1. The van der Waals surface area contributed by atoms with Crippen LogP contribution in [-0.2, 0) is 9.59 Å². The smallest absolute Gasteiger partial charge is 0.234 e. The third-order valence-electron chi connectivity index (χ3n) is 5.30. The summed E-state index contributed by atoms with van der Waals surface area (Å²) < 4.78 is 10.9. The number of allylic oxidation sites excluding steroid dienone is 1. The van der Waals surface area contributed by atoms with Crippen LogP contribution in [0.2, 0.25) is 0 Å². The van der Waals surface area contributed by atoms with E-state index in [1.807, 2.05) is 38.1 Å². The van der Waals surface area contributed by atoms with E-state index in [2.05, 4.69) is 16.7 Å². The summed E-state index contributed by atoms with van der Waals surface area (Å²) in [5.41, 5.74) is 4.01. The molecule has 0 bridgehead atoms. The summed E-state index contributed by atoms with van der Waals surface area (Å²) >= 11 is 1.13. The summed E-state index contributed by atoms with van der Waals surface area (Å²) in [4.78, 5) is 24.9. The summed E-state index contributed by atoms with van der Waals surface area (Å²) in [5.74, 6) is 0.114.